The third-order valence-corrected chi connectivity index (χ3v) is 4.30. The third-order valence-electron chi connectivity index (χ3n) is 3.74. The lowest BCUT2D eigenvalue weighted by Gasteiger charge is -2.40. The average Bonchev–Trinajstić information content (AvgIpc) is 2.34. The molecule has 1 aromatic rings. The minimum atomic E-state index is -0.834. The number of carbonyl (C=O) groups excluding carboxylic acids is 1. The molecule has 2 rings (SSSR count). The van der Waals surface area contributed by atoms with Crippen LogP contribution in [0.5, 0.6) is 0 Å². The van der Waals surface area contributed by atoms with Crippen LogP contribution in [0.2, 0.25) is 10.0 Å². The Morgan fingerprint density at radius 1 is 1.30 bits per heavy atom. The van der Waals surface area contributed by atoms with Gasteiger partial charge in [0.1, 0.15) is 0 Å². The summed E-state index contributed by atoms with van der Waals surface area (Å²) in [4.78, 5) is 23.0. The van der Waals surface area contributed by atoms with Crippen LogP contribution < -0.4 is 5.32 Å². The summed E-state index contributed by atoms with van der Waals surface area (Å²) < 4.78 is 0. The molecule has 0 atom stereocenters. The highest BCUT2D eigenvalue weighted by molar-refractivity contribution is 6.35. The quantitative estimate of drug-likeness (QED) is 0.875. The molecule has 0 heterocycles. The van der Waals surface area contributed by atoms with Crippen LogP contribution in [-0.2, 0) is 4.79 Å². The zero-order chi connectivity index (χ0) is 14.8. The van der Waals surface area contributed by atoms with Gasteiger partial charge in [-0.05, 0) is 36.5 Å². The highest BCUT2D eigenvalue weighted by Crippen LogP contribution is 2.43. The van der Waals surface area contributed by atoms with Crippen molar-refractivity contribution in [3.8, 4) is 0 Å². The van der Waals surface area contributed by atoms with E-state index in [-0.39, 0.29) is 17.7 Å². The highest BCUT2D eigenvalue weighted by Gasteiger charge is 2.39. The molecule has 0 saturated heterocycles. The van der Waals surface area contributed by atoms with E-state index in [4.69, 9.17) is 28.3 Å². The fraction of sp³-hybridized carbons (Fsp3) is 0.429. The topological polar surface area (TPSA) is 66.4 Å². The normalized spacial score (nSPS) is 16.3. The zero-order valence-electron chi connectivity index (χ0n) is 10.8. The number of benzene rings is 1. The van der Waals surface area contributed by atoms with E-state index >= 15 is 0 Å². The second-order valence-corrected chi connectivity index (χ2v) is 6.07. The number of carbonyl (C=O) groups is 2. The van der Waals surface area contributed by atoms with E-state index in [0.29, 0.717) is 22.2 Å². The molecule has 0 aromatic heterocycles. The Hall–Kier alpha value is -1.26. The fourth-order valence-corrected chi connectivity index (χ4v) is 2.82. The molecule has 20 heavy (non-hydrogen) atoms. The number of hydrogen-bond acceptors (Lipinski definition) is 2. The van der Waals surface area contributed by atoms with Crippen molar-refractivity contribution in [1.29, 1.82) is 0 Å². The van der Waals surface area contributed by atoms with E-state index in [9.17, 15) is 9.59 Å². The lowest BCUT2D eigenvalue weighted by atomic mass is 9.66. The number of halogens is 2. The lowest BCUT2D eigenvalue weighted by Crippen LogP contribution is -2.43. The summed E-state index contributed by atoms with van der Waals surface area (Å²) in [5.41, 5.74) is -0.00372. The standard InChI is InChI=1S/C14H15Cl2NO3/c15-9-2-3-11(16)10(6-9)13(20)17-8-14(4-1-5-14)7-12(18)19/h2-3,6H,1,4-5,7-8H2,(H,17,20)(H,18,19). The van der Waals surface area contributed by atoms with Gasteiger partial charge in [0, 0.05) is 11.6 Å². The molecule has 108 valence electrons. The predicted molar refractivity (Wildman–Crippen MR) is 77.3 cm³/mol. The molecule has 6 heteroatoms. The van der Waals surface area contributed by atoms with Crippen molar-refractivity contribution in [1.82, 2.24) is 5.32 Å². The smallest absolute Gasteiger partial charge is 0.303 e. The molecule has 1 aromatic carbocycles. The number of carboxylic acids is 1. The fourth-order valence-electron chi connectivity index (χ4n) is 2.45. The van der Waals surface area contributed by atoms with Crippen LogP contribution in [0.3, 0.4) is 0 Å². The summed E-state index contributed by atoms with van der Waals surface area (Å²) in [6.45, 7) is 0.348. The predicted octanol–water partition coefficient (Wildman–Crippen LogP) is 3.37. The van der Waals surface area contributed by atoms with Crippen LogP contribution in [0, 0.1) is 5.41 Å². The Kier molecular flexibility index (Phi) is 4.55. The van der Waals surface area contributed by atoms with Crippen molar-refractivity contribution in [3.63, 3.8) is 0 Å². The van der Waals surface area contributed by atoms with Crippen LogP contribution in [0.1, 0.15) is 36.0 Å². The average molecular weight is 316 g/mol. The van der Waals surface area contributed by atoms with E-state index in [2.05, 4.69) is 5.32 Å². The van der Waals surface area contributed by atoms with Crippen LogP contribution >= 0.6 is 23.2 Å². The first-order chi connectivity index (χ1) is 9.42. The molecule has 0 aliphatic heterocycles. The number of carboxylic acid groups (broad SMARTS) is 1. The largest absolute Gasteiger partial charge is 0.481 e. The summed E-state index contributed by atoms with van der Waals surface area (Å²) in [5.74, 6) is -1.16. The van der Waals surface area contributed by atoms with Crippen molar-refractivity contribution in [2.45, 2.75) is 25.7 Å². The molecule has 1 aliphatic carbocycles. The maximum Gasteiger partial charge on any atom is 0.303 e. The Labute approximate surface area is 127 Å². The molecular formula is C14H15Cl2NO3. The molecule has 0 radical (unpaired) electrons. The van der Waals surface area contributed by atoms with Gasteiger partial charge in [0.05, 0.1) is 17.0 Å². The minimum Gasteiger partial charge on any atom is -0.481 e. The van der Waals surface area contributed by atoms with Crippen molar-refractivity contribution in [2.24, 2.45) is 5.41 Å². The summed E-state index contributed by atoms with van der Waals surface area (Å²) in [6, 6.07) is 4.68. The highest BCUT2D eigenvalue weighted by atomic mass is 35.5. The van der Waals surface area contributed by atoms with E-state index in [1.807, 2.05) is 0 Å². The Bertz CT molecular complexity index is 541. The van der Waals surface area contributed by atoms with Gasteiger partial charge >= 0.3 is 5.97 Å². The summed E-state index contributed by atoms with van der Waals surface area (Å²) in [7, 11) is 0. The Morgan fingerprint density at radius 3 is 2.55 bits per heavy atom. The number of rotatable bonds is 5. The van der Waals surface area contributed by atoms with Gasteiger partial charge in [-0.25, -0.2) is 0 Å². The van der Waals surface area contributed by atoms with E-state index in [1.54, 1.807) is 12.1 Å². The molecule has 0 unspecified atom stereocenters. The molecule has 0 spiro atoms. The first-order valence-electron chi connectivity index (χ1n) is 6.37. The van der Waals surface area contributed by atoms with Crippen LogP contribution in [0.15, 0.2) is 18.2 Å². The first-order valence-corrected chi connectivity index (χ1v) is 7.13. The van der Waals surface area contributed by atoms with Gasteiger partial charge in [0.25, 0.3) is 5.91 Å². The minimum absolute atomic E-state index is 0.0799. The van der Waals surface area contributed by atoms with E-state index in [1.165, 1.54) is 6.07 Å². The maximum atomic E-state index is 12.1. The molecular weight excluding hydrogens is 301 g/mol. The van der Waals surface area contributed by atoms with Gasteiger partial charge < -0.3 is 10.4 Å². The summed E-state index contributed by atoms with van der Waals surface area (Å²) >= 11 is 11.8. The van der Waals surface area contributed by atoms with Crippen molar-refractivity contribution in [2.75, 3.05) is 6.54 Å². The maximum absolute atomic E-state index is 12.1. The van der Waals surface area contributed by atoms with E-state index < -0.39 is 5.97 Å². The lowest BCUT2D eigenvalue weighted by molar-refractivity contribution is -0.141. The van der Waals surface area contributed by atoms with Gasteiger partial charge in [-0.1, -0.05) is 29.6 Å². The number of amides is 1. The molecule has 2 N–H and O–H groups in total. The SMILES string of the molecule is O=C(O)CC1(CNC(=O)c2cc(Cl)ccc2Cl)CCC1. The Morgan fingerprint density at radius 2 is 2.00 bits per heavy atom. The van der Waals surface area contributed by atoms with Gasteiger partial charge in [-0.15, -0.1) is 0 Å². The van der Waals surface area contributed by atoms with Gasteiger partial charge in [-0.3, -0.25) is 9.59 Å². The zero-order valence-corrected chi connectivity index (χ0v) is 12.3. The monoisotopic (exact) mass is 315 g/mol. The molecule has 0 bridgehead atoms. The van der Waals surface area contributed by atoms with Crippen LogP contribution in [0.4, 0.5) is 0 Å². The molecule has 1 aliphatic rings. The van der Waals surface area contributed by atoms with Gasteiger partial charge in [0.2, 0.25) is 0 Å². The van der Waals surface area contributed by atoms with Gasteiger partial charge in [0.15, 0.2) is 0 Å². The molecule has 1 amide bonds. The van der Waals surface area contributed by atoms with Crippen LogP contribution in [-0.4, -0.2) is 23.5 Å². The van der Waals surface area contributed by atoms with Crippen molar-refractivity contribution < 1.29 is 14.7 Å². The first kappa shape index (κ1) is 15.1. The molecule has 1 fully saturated rings. The third kappa shape index (κ3) is 3.44. The Balaban J connectivity index is 2.01. The number of hydrogen-bond donors (Lipinski definition) is 2. The molecule has 1 saturated carbocycles. The number of aliphatic carboxylic acids is 1. The number of nitrogens with one attached hydrogen (secondary N) is 1. The second kappa shape index (κ2) is 6.02. The van der Waals surface area contributed by atoms with Crippen molar-refractivity contribution >= 4 is 35.1 Å². The molecule has 4 nitrogen and oxygen atoms in total. The summed E-state index contributed by atoms with van der Waals surface area (Å²) in [5, 5.41) is 12.5. The summed E-state index contributed by atoms with van der Waals surface area (Å²) in [6.07, 6.45) is 2.73. The van der Waals surface area contributed by atoms with Crippen LogP contribution in [0.25, 0.3) is 0 Å². The second-order valence-electron chi connectivity index (χ2n) is 5.23. The van der Waals surface area contributed by atoms with Gasteiger partial charge in [-0.2, -0.15) is 0 Å². The van der Waals surface area contributed by atoms with E-state index in [0.717, 1.165) is 19.3 Å². The van der Waals surface area contributed by atoms with Crippen molar-refractivity contribution in [3.05, 3.63) is 33.8 Å².